The van der Waals surface area contributed by atoms with Gasteiger partial charge in [0, 0.05) is 16.0 Å². The molecule has 0 radical (unpaired) electrons. The van der Waals surface area contributed by atoms with Crippen molar-refractivity contribution in [1.29, 1.82) is 0 Å². The van der Waals surface area contributed by atoms with Crippen molar-refractivity contribution >= 4 is 45.8 Å². The molecule has 1 aliphatic carbocycles. The van der Waals surface area contributed by atoms with E-state index in [9.17, 15) is 4.79 Å². The summed E-state index contributed by atoms with van der Waals surface area (Å²) < 4.78 is 1.04. The summed E-state index contributed by atoms with van der Waals surface area (Å²) in [6, 6.07) is 5.52. The van der Waals surface area contributed by atoms with Crippen LogP contribution >= 0.6 is 34.2 Å². The molecule has 3 N–H and O–H groups in total. The average Bonchev–Trinajstić information content (AvgIpc) is 3.05. The van der Waals surface area contributed by atoms with Crippen LogP contribution in [0.25, 0.3) is 0 Å². The zero-order valence-electron chi connectivity index (χ0n) is 9.25. The van der Waals surface area contributed by atoms with Gasteiger partial charge in [0.1, 0.15) is 0 Å². The number of rotatable bonds is 4. The minimum Gasteiger partial charge on any atom is -0.327 e. The molecule has 0 aromatic heterocycles. The minimum absolute atomic E-state index is 0.0161. The Balaban J connectivity index is 1.92. The van der Waals surface area contributed by atoms with Crippen molar-refractivity contribution < 1.29 is 4.79 Å². The Kier molecular flexibility index (Phi) is 4.27. The van der Waals surface area contributed by atoms with Crippen molar-refractivity contribution in [3.8, 4) is 0 Å². The highest BCUT2D eigenvalue weighted by atomic mass is 127. The van der Waals surface area contributed by atoms with Gasteiger partial charge in [0.25, 0.3) is 0 Å². The van der Waals surface area contributed by atoms with Gasteiger partial charge in [-0.25, -0.2) is 0 Å². The van der Waals surface area contributed by atoms with E-state index in [1.54, 1.807) is 0 Å². The SMILES string of the molecule is NC(CC(=O)Nc1ccc(I)cc1Cl)C1CC1. The number of anilines is 1. The first kappa shape index (κ1) is 13.1. The molecule has 2 rings (SSSR count). The highest BCUT2D eigenvalue weighted by Crippen LogP contribution is 2.33. The first-order chi connectivity index (χ1) is 8.06. The zero-order chi connectivity index (χ0) is 12.4. The fraction of sp³-hybridized carbons (Fsp3) is 0.417. The first-order valence-corrected chi connectivity index (χ1v) is 7.02. The van der Waals surface area contributed by atoms with Crippen molar-refractivity contribution in [2.75, 3.05) is 5.32 Å². The lowest BCUT2D eigenvalue weighted by atomic mass is 10.1. The Morgan fingerprint density at radius 1 is 1.59 bits per heavy atom. The van der Waals surface area contributed by atoms with Crippen LogP contribution in [0, 0.1) is 9.49 Å². The second kappa shape index (κ2) is 5.54. The largest absolute Gasteiger partial charge is 0.327 e. The third kappa shape index (κ3) is 3.82. The first-order valence-electron chi connectivity index (χ1n) is 5.57. The van der Waals surface area contributed by atoms with Gasteiger partial charge in [-0.1, -0.05) is 11.6 Å². The topological polar surface area (TPSA) is 55.1 Å². The normalized spacial score (nSPS) is 16.6. The molecule has 1 saturated carbocycles. The summed E-state index contributed by atoms with van der Waals surface area (Å²) in [6.45, 7) is 0. The molecule has 0 bridgehead atoms. The van der Waals surface area contributed by atoms with E-state index in [4.69, 9.17) is 17.3 Å². The number of hydrogen-bond acceptors (Lipinski definition) is 2. The van der Waals surface area contributed by atoms with Crippen molar-refractivity contribution in [1.82, 2.24) is 0 Å². The van der Waals surface area contributed by atoms with Crippen molar-refractivity contribution in [2.24, 2.45) is 11.7 Å². The number of hydrogen-bond donors (Lipinski definition) is 2. The van der Waals surface area contributed by atoms with Gasteiger partial charge in [0.2, 0.25) is 5.91 Å². The summed E-state index contributed by atoms with van der Waals surface area (Å²) in [5, 5.41) is 3.36. The molecule has 3 nitrogen and oxygen atoms in total. The van der Waals surface area contributed by atoms with Crippen molar-refractivity contribution in [2.45, 2.75) is 25.3 Å². The number of benzene rings is 1. The van der Waals surface area contributed by atoms with Crippen LogP contribution < -0.4 is 11.1 Å². The van der Waals surface area contributed by atoms with E-state index in [0.717, 1.165) is 16.4 Å². The second-order valence-electron chi connectivity index (χ2n) is 4.38. The summed E-state index contributed by atoms with van der Waals surface area (Å²) in [4.78, 5) is 11.7. The highest BCUT2D eigenvalue weighted by Gasteiger charge is 2.29. The summed E-state index contributed by atoms with van der Waals surface area (Å²) in [5.74, 6) is 0.473. The molecule has 0 aliphatic heterocycles. The van der Waals surface area contributed by atoms with Crippen LogP contribution in [0.1, 0.15) is 19.3 Å². The van der Waals surface area contributed by atoms with Crippen molar-refractivity contribution in [3.05, 3.63) is 26.8 Å². The molecule has 5 heteroatoms. The number of carbonyl (C=O) groups excluding carboxylic acids is 1. The molecule has 1 amide bonds. The summed E-state index contributed by atoms with van der Waals surface area (Å²) in [5.41, 5.74) is 6.55. The van der Waals surface area contributed by atoms with Gasteiger partial charge in [0.15, 0.2) is 0 Å². The number of nitrogens with two attached hydrogens (primary N) is 1. The predicted molar refractivity (Wildman–Crippen MR) is 78.1 cm³/mol. The summed E-state index contributed by atoms with van der Waals surface area (Å²) in [6.07, 6.45) is 2.67. The molecule has 1 aliphatic rings. The molecule has 0 saturated heterocycles. The molecule has 0 spiro atoms. The molecule has 1 fully saturated rings. The Bertz CT molecular complexity index is 435. The van der Waals surface area contributed by atoms with Crippen LogP contribution in [0.15, 0.2) is 18.2 Å². The fourth-order valence-electron chi connectivity index (χ4n) is 1.70. The van der Waals surface area contributed by atoms with Crippen LogP contribution in [0.5, 0.6) is 0 Å². The van der Waals surface area contributed by atoms with Gasteiger partial charge in [-0.15, -0.1) is 0 Å². The standard InChI is InChI=1S/C12H14ClIN2O/c13-9-5-8(14)3-4-11(9)16-12(17)6-10(15)7-1-2-7/h3-5,7,10H,1-2,6,15H2,(H,16,17). The lowest BCUT2D eigenvalue weighted by molar-refractivity contribution is -0.116. The van der Waals surface area contributed by atoms with Crippen LogP contribution in [-0.4, -0.2) is 11.9 Å². The van der Waals surface area contributed by atoms with Gasteiger partial charge in [0.05, 0.1) is 10.7 Å². The zero-order valence-corrected chi connectivity index (χ0v) is 12.2. The van der Waals surface area contributed by atoms with E-state index in [0.29, 0.717) is 23.0 Å². The van der Waals surface area contributed by atoms with E-state index >= 15 is 0 Å². The average molecular weight is 365 g/mol. The van der Waals surface area contributed by atoms with E-state index in [2.05, 4.69) is 27.9 Å². The smallest absolute Gasteiger partial charge is 0.225 e. The van der Waals surface area contributed by atoms with Gasteiger partial charge < -0.3 is 11.1 Å². The summed E-state index contributed by atoms with van der Waals surface area (Å²) in [7, 11) is 0. The molecular weight excluding hydrogens is 351 g/mol. The van der Waals surface area contributed by atoms with E-state index in [-0.39, 0.29) is 11.9 Å². The Labute approximate surface area is 119 Å². The molecule has 1 aromatic rings. The molecule has 1 atom stereocenters. The van der Waals surface area contributed by atoms with Crippen LogP contribution in [-0.2, 0) is 4.79 Å². The maximum atomic E-state index is 11.7. The molecular formula is C12H14ClIN2O. The number of carbonyl (C=O) groups is 1. The van der Waals surface area contributed by atoms with E-state index in [1.165, 1.54) is 0 Å². The molecule has 92 valence electrons. The van der Waals surface area contributed by atoms with Gasteiger partial charge in [-0.3, -0.25) is 4.79 Å². The molecule has 17 heavy (non-hydrogen) atoms. The lowest BCUT2D eigenvalue weighted by Gasteiger charge is -2.11. The Hall–Kier alpha value is -0.330. The van der Waals surface area contributed by atoms with Gasteiger partial charge in [-0.05, 0) is 59.5 Å². The maximum absolute atomic E-state index is 11.7. The van der Waals surface area contributed by atoms with Crippen LogP contribution in [0.2, 0.25) is 5.02 Å². The third-order valence-corrected chi connectivity index (χ3v) is 3.84. The lowest BCUT2D eigenvalue weighted by Crippen LogP contribution is -2.28. The molecule has 1 aromatic carbocycles. The number of amides is 1. The Morgan fingerprint density at radius 3 is 2.88 bits per heavy atom. The third-order valence-electron chi connectivity index (χ3n) is 2.85. The van der Waals surface area contributed by atoms with Crippen LogP contribution in [0.4, 0.5) is 5.69 Å². The summed E-state index contributed by atoms with van der Waals surface area (Å²) >= 11 is 8.21. The predicted octanol–water partition coefficient (Wildman–Crippen LogP) is 3.01. The van der Waals surface area contributed by atoms with Crippen LogP contribution in [0.3, 0.4) is 0 Å². The maximum Gasteiger partial charge on any atom is 0.225 e. The highest BCUT2D eigenvalue weighted by molar-refractivity contribution is 14.1. The Morgan fingerprint density at radius 2 is 2.29 bits per heavy atom. The number of nitrogens with one attached hydrogen (secondary N) is 1. The van der Waals surface area contributed by atoms with E-state index in [1.807, 2.05) is 18.2 Å². The molecule has 0 heterocycles. The van der Waals surface area contributed by atoms with Crippen molar-refractivity contribution in [3.63, 3.8) is 0 Å². The van der Waals surface area contributed by atoms with Gasteiger partial charge in [-0.2, -0.15) is 0 Å². The quantitative estimate of drug-likeness (QED) is 0.807. The minimum atomic E-state index is -0.0625. The number of halogens is 2. The van der Waals surface area contributed by atoms with Gasteiger partial charge >= 0.3 is 0 Å². The fourth-order valence-corrected chi connectivity index (χ4v) is 2.60. The van der Waals surface area contributed by atoms with E-state index < -0.39 is 0 Å². The molecule has 1 unspecified atom stereocenters. The second-order valence-corrected chi connectivity index (χ2v) is 6.03. The monoisotopic (exact) mass is 364 g/mol.